The van der Waals surface area contributed by atoms with Gasteiger partial charge in [0.15, 0.2) is 0 Å². The molecule has 1 aliphatic rings. The molecule has 3 heteroatoms. The van der Waals surface area contributed by atoms with Gasteiger partial charge in [-0.05, 0) is 43.4 Å². The van der Waals surface area contributed by atoms with E-state index in [9.17, 15) is 0 Å². The van der Waals surface area contributed by atoms with Crippen LogP contribution in [0.3, 0.4) is 0 Å². The highest BCUT2D eigenvalue weighted by molar-refractivity contribution is 6.30. The van der Waals surface area contributed by atoms with Crippen molar-refractivity contribution in [2.75, 3.05) is 6.61 Å². The van der Waals surface area contributed by atoms with Crippen LogP contribution in [-0.2, 0) is 11.2 Å². The Balaban J connectivity index is 1.86. The summed E-state index contributed by atoms with van der Waals surface area (Å²) in [6.07, 6.45) is 6.30. The Morgan fingerprint density at radius 3 is 2.47 bits per heavy atom. The van der Waals surface area contributed by atoms with E-state index >= 15 is 0 Å². The van der Waals surface area contributed by atoms with Gasteiger partial charge in [0.2, 0.25) is 0 Å². The number of hydrogen-bond acceptors (Lipinski definition) is 2. The second-order valence-corrected chi connectivity index (χ2v) is 6.15. The highest BCUT2D eigenvalue weighted by Crippen LogP contribution is 2.25. The van der Waals surface area contributed by atoms with Crippen LogP contribution in [0.15, 0.2) is 24.3 Å². The molecule has 0 amide bonds. The molecule has 0 bridgehead atoms. The van der Waals surface area contributed by atoms with Gasteiger partial charge in [0.1, 0.15) is 0 Å². The fourth-order valence-corrected chi connectivity index (χ4v) is 2.81. The first-order chi connectivity index (χ1) is 9.15. The van der Waals surface area contributed by atoms with Gasteiger partial charge in [0, 0.05) is 24.1 Å². The third kappa shape index (κ3) is 4.79. The van der Waals surface area contributed by atoms with E-state index in [1.54, 1.807) is 0 Å². The standard InChI is InChI=1S/C16H24ClNO/c1-12(18)16(19-11-14-4-2-3-5-14)10-13-6-8-15(17)9-7-13/h6-9,12,14,16H,2-5,10-11,18H2,1H3/t12-,16-/m0/s1. The van der Waals surface area contributed by atoms with Crippen LogP contribution < -0.4 is 5.73 Å². The van der Waals surface area contributed by atoms with Crippen LogP contribution in [0.5, 0.6) is 0 Å². The quantitative estimate of drug-likeness (QED) is 0.861. The van der Waals surface area contributed by atoms with Crippen LogP contribution in [-0.4, -0.2) is 18.8 Å². The second-order valence-electron chi connectivity index (χ2n) is 5.71. The minimum absolute atomic E-state index is 0.0529. The van der Waals surface area contributed by atoms with E-state index in [0.717, 1.165) is 24.0 Å². The number of rotatable bonds is 6. The maximum Gasteiger partial charge on any atom is 0.0763 e. The molecule has 1 aromatic rings. The lowest BCUT2D eigenvalue weighted by molar-refractivity contribution is 0.0185. The molecule has 0 aromatic heterocycles. The Morgan fingerprint density at radius 2 is 1.89 bits per heavy atom. The van der Waals surface area contributed by atoms with Crippen LogP contribution in [0.25, 0.3) is 0 Å². The first kappa shape index (κ1) is 14.8. The summed E-state index contributed by atoms with van der Waals surface area (Å²) in [6, 6.07) is 8.00. The molecule has 0 aliphatic heterocycles. The Bertz CT molecular complexity index is 371. The summed E-state index contributed by atoms with van der Waals surface area (Å²) in [5.41, 5.74) is 7.28. The fraction of sp³-hybridized carbons (Fsp3) is 0.625. The lowest BCUT2D eigenvalue weighted by atomic mass is 10.0. The van der Waals surface area contributed by atoms with E-state index in [1.807, 2.05) is 19.1 Å². The van der Waals surface area contributed by atoms with E-state index in [1.165, 1.54) is 31.2 Å². The smallest absolute Gasteiger partial charge is 0.0763 e. The first-order valence-electron chi connectivity index (χ1n) is 7.27. The summed E-state index contributed by atoms with van der Waals surface area (Å²) in [4.78, 5) is 0. The van der Waals surface area contributed by atoms with Crippen molar-refractivity contribution >= 4 is 11.6 Å². The van der Waals surface area contributed by atoms with Crippen molar-refractivity contribution in [3.05, 3.63) is 34.9 Å². The van der Waals surface area contributed by atoms with Crippen LogP contribution in [0.4, 0.5) is 0 Å². The Kier molecular flexibility index (Phi) is 5.68. The third-order valence-electron chi connectivity index (χ3n) is 3.96. The summed E-state index contributed by atoms with van der Waals surface area (Å²) in [5.74, 6) is 0.742. The van der Waals surface area contributed by atoms with Crippen molar-refractivity contribution < 1.29 is 4.74 Å². The van der Waals surface area contributed by atoms with Crippen LogP contribution in [0, 0.1) is 5.92 Å². The molecule has 1 fully saturated rings. The van der Waals surface area contributed by atoms with Crippen molar-refractivity contribution in [1.82, 2.24) is 0 Å². The maximum atomic E-state index is 6.06. The van der Waals surface area contributed by atoms with E-state index in [0.29, 0.717) is 0 Å². The third-order valence-corrected chi connectivity index (χ3v) is 4.21. The van der Waals surface area contributed by atoms with Gasteiger partial charge in [0.05, 0.1) is 6.10 Å². The molecule has 2 nitrogen and oxygen atoms in total. The predicted octanol–water partition coefficient (Wildman–Crippen LogP) is 3.81. The summed E-state index contributed by atoms with van der Waals surface area (Å²) >= 11 is 5.90. The number of ether oxygens (including phenoxy) is 1. The van der Waals surface area contributed by atoms with Gasteiger partial charge in [-0.15, -0.1) is 0 Å². The molecule has 1 saturated carbocycles. The average Bonchev–Trinajstić information content (AvgIpc) is 2.89. The predicted molar refractivity (Wildman–Crippen MR) is 80.5 cm³/mol. The van der Waals surface area contributed by atoms with E-state index in [2.05, 4.69) is 12.1 Å². The Labute approximate surface area is 121 Å². The Morgan fingerprint density at radius 1 is 1.26 bits per heavy atom. The summed E-state index contributed by atoms with van der Waals surface area (Å²) in [5, 5.41) is 0.771. The molecule has 2 N–H and O–H groups in total. The molecule has 0 spiro atoms. The van der Waals surface area contributed by atoms with Crippen LogP contribution >= 0.6 is 11.6 Å². The summed E-state index contributed by atoms with van der Waals surface area (Å²) < 4.78 is 6.06. The van der Waals surface area contributed by atoms with Gasteiger partial charge in [0.25, 0.3) is 0 Å². The number of nitrogens with two attached hydrogens (primary N) is 1. The monoisotopic (exact) mass is 281 g/mol. The maximum absolute atomic E-state index is 6.06. The lowest BCUT2D eigenvalue weighted by Gasteiger charge is -2.23. The molecule has 2 rings (SSSR count). The lowest BCUT2D eigenvalue weighted by Crippen LogP contribution is -2.36. The molecule has 2 atom stereocenters. The fourth-order valence-electron chi connectivity index (χ4n) is 2.69. The highest BCUT2D eigenvalue weighted by atomic mass is 35.5. The van der Waals surface area contributed by atoms with Gasteiger partial charge in [-0.1, -0.05) is 36.6 Å². The van der Waals surface area contributed by atoms with Gasteiger partial charge >= 0.3 is 0 Å². The highest BCUT2D eigenvalue weighted by Gasteiger charge is 2.20. The van der Waals surface area contributed by atoms with Gasteiger partial charge in [-0.3, -0.25) is 0 Å². The first-order valence-corrected chi connectivity index (χ1v) is 7.64. The Hall–Kier alpha value is -0.570. The van der Waals surface area contributed by atoms with Gasteiger partial charge in [-0.25, -0.2) is 0 Å². The van der Waals surface area contributed by atoms with E-state index < -0.39 is 0 Å². The minimum atomic E-state index is 0.0529. The van der Waals surface area contributed by atoms with Gasteiger partial charge < -0.3 is 10.5 Å². The van der Waals surface area contributed by atoms with Crippen molar-refractivity contribution in [2.45, 2.75) is 51.2 Å². The average molecular weight is 282 g/mol. The van der Waals surface area contributed by atoms with Crippen LogP contribution in [0.2, 0.25) is 5.02 Å². The number of benzene rings is 1. The molecule has 0 heterocycles. The number of halogens is 1. The molecule has 19 heavy (non-hydrogen) atoms. The molecule has 0 unspecified atom stereocenters. The molecule has 1 aliphatic carbocycles. The zero-order valence-corrected chi connectivity index (χ0v) is 12.4. The van der Waals surface area contributed by atoms with Crippen molar-refractivity contribution in [3.8, 4) is 0 Å². The SMILES string of the molecule is C[C@H](N)[C@H](Cc1ccc(Cl)cc1)OCC1CCCC1. The summed E-state index contributed by atoms with van der Waals surface area (Å²) in [7, 11) is 0. The zero-order chi connectivity index (χ0) is 13.7. The van der Waals surface area contributed by atoms with Crippen molar-refractivity contribution in [3.63, 3.8) is 0 Å². The van der Waals surface area contributed by atoms with Crippen LogP contribution in [0.1, 0.15) is 38.2 Å². The second kappa shape index (κ2) is 7.28. The molecule has 0 saturated heterocycles. The topological polar surface area (TPSA) is 35.2 Å². The van der Waals surface area contributed by atoms with Crippen molar-refractivity contribution in [1.29, 1.82) is 0 Å². The molecule has 0 radical (unpaired) electrons. The normalized spacial score (nSPS) is 19.5. The molecule has 106 valence electrons. The van der Waals surface area contributed by atoms with E-state index in [-0.39, 0.29) is 12.1 Å². The van der Waals surface area contributed by atoms with E-state index in [4.69, 9.17) is 22.1 Å². The summed E-state index contributed by atoms with van der Waals surface area (Å²) in [6.45, 7) is 2.88. The molecular formula is C16H24ClNO. The minimum Gasteiger partial charge on any atom is -0.376 e. The largest absolute Gasteiger partial charge is 0.376 e. The van der Waals surface area contributed by atoms with Gasteiger partial charge in [-0.2, -0.15) is 0 Å². The molecular weight excluding hydrogens is 258 g/mol. The van der Waals surface area contributed by atoms with Crippen molar-refractivity contribution in [2.24, 2.45) is 11.7 Å². The zero-order valence-electron chi connectivity index (χ0n) is 11.6. The number of hydrogen-bond donors (Lipinski definition) is 1. The molecule has 1 aromatic carbocycles.